The molecule has 0 aliphatic rings. The van der Waals surface area contributed by atoms with Gasteiger partial charge in [-0.2, -0.15) is 5.10 Å². The first-order chi connectivity index (χ1) is 11.1. The predicted octanol–water partition coefficient (Wildman–Crippen LogP) is 3.11. The third-order valence-electron chi connectivity index (χ3n) is 3.70. The molecule has 5 nitrogen and oxygen atoms in total. The molecular weight excluding hydrogens is 290 g/mol. The quantitative estimate of drug-likeness (QED) is 0.788. The van der Waals surface area contributed by atoms with E-state index in [0.717, 1.165) is 17.1 Å². The van der Waals surface area contributed by atoms with Crippen molar-refractivity contribution in [3.05, 3.63) is 77.5 Å². The summed E-state index contributed by atoms with van der Waals surface area (Å²) in [6, 6.07) is 14.7. The lowest BCUT2D eigenvalue weighted by atomic mass is 10.2. The van der Waals surface area contributed by atoms with Crippen LogP contribution in [0.5, 0.6) is 0 Å². The number of aromatic nitrogens is 2. The summed E-state index contributed by atoms with van der Waals surface area (Å²) in [4.78, 5) is 12.3. The number of hydrogen-bond donors (Lipinski definition) is 1. The van der Waals surface area contributed by atoms with Gasteiger partial charge < -0.3 is 9.73 Å². The number of hydrogen-bond acceptors (Lipinski definition) is 3. The van der Waals surface area contributed by atoms with Gasteiger partial charge in [0.2, 0.25) is 0 Å². The molecule has 0 saturated heterocycles. The van der Waals surface area contributed by atoms with Gasteiger partial charge in [-0.25, -0.2) is 0 Å². The first-order valence-corrected chi connectivity index (χ1v) is 7.54. The Labute approximate surface area is 134 Å². The molecule has 0 aliphatic heterocycles. The highest BCUT2D eigenvalue weighted by molar-refractivity contribution is 5.94. The number of nitrogens with one attached hydrogen (secondary N) is 1. The van der Waals surface area contributed by atoms with E-state index >= 15 is 0 Å². The number of benzene rings is 1. The summed E-state index contributed by atoms with van der Waals surface area (Å²) in [6.45, 7) is 4.35. The van der Waals surface area contributed by atoms with E-state index < -0.39 is 0 Å². The molecule has 1 N–H and O–H groups in total. The molecule has 0 radical (unpaired) electrons. The Morgan fingerprint density at radius 3 is 2.61 bits per heavy atom. The molecule has 3 aromatic rings. The molecular formula is C18H19N3O2. The van der Waals surface area contributed by atoms with Crippen LogP contribution in [-0.4, -0.2) is 22.2 Å². The van der Waals surface area contributed by atoms with Crippen LogP contribution in [0.1, 0.15) is 33.5 Å². The minimum atomic E-state index is -0.175. The molecule has 0 saturated carbocycles. The normalized spacial score (nSPS) is 12.1. The van der Waals surface area contributed by atoms with Crippen LogP contribution in [0.4, 0.5) is 0 Å². The number of furan rings is 1. The number of carbonyl (C=O) groups is 1. The summed E-state index contributed by atoms with van der Waals surface area (Å²) in [7, 11) is 0. The van der Waals surface area contributed by atoms with E-state index in [2.05, 4.69) is 10.4 Å². The van der Waals surface area contributed by atoms with Crippen LogP contribution in [0.25, 0.3) is 0 Å². The molecule has 3 rings (SSSR count). The standard InChI is InChI=1S/C18H19N3O2/c1-13-11-14(2)21(20-13)16(17-9-6-10-23-17)12-19-18(22)15-7-4-3-5-8-15/h3-11,16H,12H2,1-2H3,(H,19,22). The van der Waals surface area contributed by atoms with E-state index in [-0.39, 0.29) is 11.9 Å². The smallest absolute Gasteiger partial charge is 0.251 e. The number of aryl methyl sites for hydroxylation is 2. The van der Waals surface area contributed by atoms with Gasteiger partial charge in [0, 0.05) is 17.8 Å². The summed E-state index contributed by atoms with van der Waals surface area (Å²) in [6.07, 6.45) is 1.63. The highest BCUT2D eigenvalue weighted by Gasteiger charge is 2.20. The predicted molar refractivity (Wildman–Crippen MR) is 87.3 cm³/mol. The second-order valence-electron chi connectivity index (χ2n) is 5.48. The zero-order chi connectivity index (χ0) is 16.2. The molecule has 0 spiro atoms. The van der Waals surface area contributed by atoms with E-state index in [1.54, 1.807) is 18.4 Å². The molecule has 0 aliphatic carbocycles. The Bertz CT molecular complexity index is 776. The van der Waals surface area contributed by atoms with Crippen LogP contribution >= 0.6 is 0 Å². The number of rotatable bonds is 5. The van der Waals surface area contributed by atoms with E-state index in [0.29, 0.717) is 12.1 Å². The van der Waals surface area contributed by atoms with Gasteiger partial charge >= 0.3 is 0 Å². The average molecular weight is 309 g/mol. The molecule has 5 heteroatoms. The minimum absolute atomic E-state index is 0.108. The minimum Gasteiger partial charge on any atom is -0.467 e. The molecule has 0 fully saturated rings. The van der Waals surface area contributed by atoms with Crippen molar-refractivity contribution in [1.29, 1.82) is 0 Å². The lowest BCUT2D eigenvalue weighted by Crippen LogP contribution is -2.32. The summed E-state index contributed by atoms with van der Waals surface area (Å²) in [5, 5.41) is 7.49. The molecule has 23 heavy (non-hydrogen) atoms. The molecule has 1 atom stereocenters. The van der Waals surface area contributed by atoms with E-state index in [1.807, 2.05) is 54.9 Å². The SMILES string of the molecule is Cc1cc(C)n(C(CNC(=O)c2ccccc2)c2ccco2)n1. The number of nitrogens with zero attached hydrogens (tertiary/aromatic N) is 2. The van der Waals surface area contributed by atoms with Crippen molar-refractivity contribution in [2.75, 3.05) is 6.54 Å². The first kappa shape index (κ1) is 15.1. The Morgan fingerprint density at radius 1 is 1.22 bits per heavy atom. The van der Waals surface area contributed by atoms with Crippen molar-refractivity contribution in [3.63, 3.8) is 0 Å². The first-order valence-electron chi connectivity index (χ1n) is 7.54. The Balaban J connectivity index is 1.80. The second-order valence-corrected chi connectivity index (χ2v) is 5.48. The largest absolute Gasteiger partial charge is 0.467 e. The fraction of sp³-hybridized carbons (Fsp3) is 0.222. The van der Waals surface area contributed by atoms with Crippen molar-refractivity contribution in [3.8, 4) is 0 Å². The van der Waals surface area contributed by atoms with Crippen molar-refractivity contribution >= 4 is 5.91 Å². The molecule has 1 unspecified atom stereocenters. The van der Waals surface area contributed by atoms with E-state index in [1.165, 1.54) is 0 Å². The summed E-state index contributed by atoms with van der Waals surface area (Å²) in [5.74, 6) is 0.660. The van der Waals surface area contributed by atoms with Crippen LogP contribution in [0.2, 0.25) is 0 Å². The van der Waals surface area contributed by atoms with E-state index in [4.69, 9.17) is 4.42 Å². The Morgan fingerprint density at radius 2 is 2.00 bits per heavy atom. The van der Waals surface area contributed by atoms with Crippen LogP contribution in [0.15, 0.2) is 59.2 Å². The summed E-state index contributed by atoms with van der Waals surface area (Å²) >= 11 is 0. The highest BCUT2D eigenvalue weighted by atomic mass is 16.3. The van der Waals surface area contributed by atoms with Crippen LogP contribution in [0.3, 0.4) is 0 Å². The molecule has 118 valence electrons. The number of carbonyl (C=O) groups excluding carboxylic acids is 1. The van der Waals surface area contributed by atoms with Crippen molar-refractivity contribution < 1.29 is 9.21 Å². The average Bonchev–Trinajstić information content (AvgIpc) is 3.19. The van der Waals surface area contributed by atoms with Gasteiger partial charge in [-0.05, 0) is 44.2 Å². The van der Waals surface area contributed by atoms with Gasteiger partial charge in [-0.15, -0.1) is 0 Å². The van der Waals surface area contributed by atoms with Gasteiger partial charge in [0.05, 0.1) is 12.0 Å². The third-order valence-corrected chi connectivity index (χ3v) is 3.70. The Hall–Kier alpha value is -2.82. The van der Waals surface area contributed by atoms with Gasteiger partial charge in [-0.1, -0.05) is 18.2 Å². The lowest BCUT2D eigenvalue weighted by molar-refractivity contribution is 0.0948. The Kier molecular flexibility index (Phi) is 4.28. The van der Waals surface area contributed by atoms with Crippen molar-refractivity contribution in [2.24, 2.45) is 0 Å². The molecule has 1 aromatic carbocycles. The molecule has 0 bridgehead atoms. The molecule has 1 amide bonds. The number of amides is 1. The highest BCUT2D eigenvalue weighted by Crippen LogP contribution is 2.20. The maximum atomic E-state index is 12.3. The van der Waals surface area contributed by atoms with Crippen LogP contribution in [0, 0.1) is 13.8 Å². The lowest BCUT2D eigenvalue weighted by Gasteiger charge is -2.18. The van der Waals surface area contributed by atoms with E-state index in [9.17, 15) is 4.79 Å². The monoisotopic (exact) mass is 309 g/mol. The third kappa shape index (κ3) is 3.34. The fourth-order valence-electron chi connectivity index (χ4n) is 2.63. The van der Waals surface area contributed by atoms with Crippen molar-refractivity contribution in [2.45, 2.75) is 19.9 Å². The molecule has 2 heterocycles. The zero-order valence-corrected chi connectivity index (χ0v) is 13.2. The summed E-state index contributed by atoms with van der Waals surface area (Å²) < 4.78 is 7.43. The van der Waals surface area contributed by atoms with Crippen molar-refractivity contribution in [1.82, 2.24) is 15.1 Å². The summed E-state index contributed by atoms with van der Waals surface area (Å²) in [5.41, 5.74) is 2.60. The molecule has 2 aromatic heterocycles. The maximum absolute atomic E-state index is 12.3. The zero-order valence-electron chi connectivity index (χ0n) is 13.2. The maximum Gasteiger partial charge on any atom is 0.251 e. The van der Waals surface area contributed by atoms with Gasteiger partial charge in [0.15, 0.2) is 0 Å². The second kappa shape index (κ2) is 6.52. The fourth-order valence-corrected chi connectivity index (χ4v) is 2.63. The van der Waals surface area contributed by atoms with Crippen LogP contribution in [-0.2, 0) is 0 Å². The topological polar surface area (TPSA) is 60.1 Å². The van der Waals surface area contributed by atoms with Gasteiger partial charge in [0.1, 0.15) is 11.8 Å². The van der Waals surface area contributed by atoms with Crippen LogP contribution < -0.4 is 5.32 Å². The van der Waals surface area contributed by atoms with Gasteiger partial charge in [-0.3, -0.25) is 9.48 Å². The van der Waals surface area contributed by atoms with Gasteiger partial charge in [0.25, 0.3) is 5.91 Å².